The molecule has 4 heteroatoms. The van der Waals surface area contributed by atoms with Gasteiger partial charge in [0.2, 0.25) is 5.95 Å². The standard InChI is InChI=1S/C10H18N4/c1-10(2)6-4-3-5-7(10)8-12-9(11)14-13-8/h7H,3-6H2,1-2H3,(H3,11,12,13,14). The molecular weight excluding hydrogens is 176 g/mol. The molecule has 1 atom stereocenters. The molecule has 78 valence electrons. The van der Waals surface area contributed by atoms with Crippen LogP contribution in [0.2, 0.25) is 0 Å². The molecule has 0 aromatic carbocycles. The molecule has 1 aliphatic rings. The van der Waals surface area contributed by atoms with Gasteiger partial charge in [0.05, 0.1) is 0 Å². The van der Waals surface area contributed by atoms with Crippen LogP contribution in [-0.4, -0.2) is 15.2 Å². The minimum atomic E-state index is 0.324. The van der Waals surface area contributed by atoms with Gasteiger partial charge in [0, 0.05) is 5.92 Å². The first kappa shape index (κ1) is 9.49. The largest absolute Gasteiger partial charge is 0.367 e. The van der Waals surface area contributed by atoms with E-state index in [1.165, 1.54) is 25.7 Å². The number of H-pyrrole nitrogens is 1. The Morgan fingerprint density at radius 2 is 2.21 bits per heavy atom. The lowest BCUT2D eigenvalue weighted by atomic mass is 9.68. The smallest absolute Gasteiger partial charge is 0.239 e. The zero-order valence-corrected chi connectivity index (χ0v) is 8.88. The van der Waals surface area contributed by atoms with E-state index in [9.17, 15) is 0 Å². The molecule has 1 unspecified atom stereocenters. The number of aromatic amines is 1. The predicted molar refractivity (Wildman–Crippen MR) is 55.8 cm³/mol. The average molecular weight is 194 g/mol. The summed E-state index contributed by atoms with van der Waals surface area (Å²) in [5.41, 5.74) is 5.84. The van der Waals surface area contributed by atoms with Crippen molar-refractivity contribution in [1.82, 2.24) is 15.2 Å². The van der Waals surface area contributed by atoms with Crippen LogP contribution in [0.4, 0.5) is 5.95 Å². The van der Waals surface area contributed by atoms with Gasteiger partial charge < -0.3 is 5.73 Å². The van der Waals surface area contributed by atoms with Gasteiger partial charge in [-0.2, -0.15) is 4.98 Å². The molecule has 0 saturated heterocycles. The summed E-state index contributed by atoms with van der Waals surface area (Å²) in [7, 11) is 0. The summed E-state index contributed by atoms with van der Waals surface area (Å²) >= 11 is 0. The molecule has 1 aromatic heterocycles. The van der Waals surface area contributed by atoms with Crippen molar-refractivity contribution < 1.29 is 0 Å². The number of rotatable bonds is 1. The van der Waals surface area contributed by atoms with Crippen LogP contribution in [0.1, 0.15) is 51.3 Å². The van der Waals surface area contributed by atoms with Gasteiger partial charge in [0.25, 0.3) is 0 Å². The number of hydrogen-bond donors (Lipinski definition) is 2. The van der Waals surface area contributed by atoms with Gasteiger partial charge in [-0.15, -0.1) is 5.10 Å². The lowest BCUT2D eigenvalue weighted by Crippen LogP contribution is -2.26. The molecule has 3 N–H and O–H groups in total. The zero-order valence-electron chi connectivity index (χ0n) is 8.88. The predicted octanol–water partition coefficient (Wildman–Crippen LogP) is 2.07. The highest BCUT2D eigenvalue weighted by atomic mass is 15.3. The Morgan fingerprint density at radius 1 is 1.43 bits per heavy atom. The first-order valence-corrected chi connectivity index (χ1v) is 5.27. The molecule has 14 heavy (non-hydrogen) atoms. The van der Waals surface area contributed by atoms with Gasteiger partial charge >= 0.3 is 0 Å². The van der Waals surface area contributed by atoms with Gasteiger partial charge in [-0.25, -0.2) is 0 Å². The molecule has 0 amide bonds. The molecule has 2 rings (SSSR count). The van der Waals surface area contributed by atoms with Crippen LogP contribution in [0.5, 0.6) is 0 Å². The molecule has 1 saturated carbocycles. The van der Waals surface area contributed by atoms with Gasteiger partial charge in [-0.3, -0.25) is 5.10 Å². The van der Waals surface area contributed by atoms with Crippen molar-refractivity contribution in [2.24, 2.45) is 5.41 Å². The number of anilines is 1. The first-order chi connectivity index (χ1) is 6.59. The molecule has 0 bridgehead atoms. The van der Waals surface area contributed by atoms with Crippen LogP contribution in [0.25, 0.3) is 0 Å². The fraction of sp³-hybridized carbons (Fsp3) is 0.800. The molecule has 0 aliphatic heterocycles. The van der Waals surface area contributed by atoms with E-state index >= 15 is 0 Å². The Bertz CT molecular complexity index is 316. The van der Waals surface area contributed by atoms with Gasteiger partial charge in [0.1, 0.15) is 5.82 Å². The second kappa shape index (κ2) is 3.26. The summed E-state index contributed by atoms with van der Waals surface area (Å²) < 4.78 is 0. The lowest BCUT2D eigenvalue weighted by molar-refractivity contribution is 0.193. The SMILES string of the molecule is CC1(C)CCCCC1c1nc(N)n[nH]1. The van der Waals surface area contributed by atoms with Crippen LogP contribution in [0.3, 0.4) is 0 Å². The van der Waals surface area contributed by atoms with Crippen molar-refractivity contribution in [1.29, 1.82) is 0 Å². The number of aromatic nitrogens is 3. The minimum Gasteiger partial charge on any atom is -0.367 e. The van der Waals surface area contributed by atoms with Crippen LogP contribution in [0.15, 0.2) is 0 Å². The number of nitrogens with two attached hydrogens (primary N) is 1. The third-order valence-electron chi connectivity index (χ3n) is 3.36. The van der Waals surface area contributed by atoms with E-state index in [0.717, 1.165) is 5.82 Å². The average Bonchev–Trinajstić information content (AvgIpc) is 2.51. The molecular formula is C10H18N4. The number of nitrogens with zero attached hydrogens (tertiary/aromatic N) is 2. The summed E-state index contributed by atoms with van der Waals surface area (Å²) in [5, 5.41) is 6.84. The van der Waals surface area contributed by atoms with E-state index in [1.54, 1.807) is 0 Å². The van der Waals surface area contributed by atoms with E-state index in [-0.39, 0.29) is 0 Å². The normalized spacial score (nSPS) is 26.3. The fourth-order valence-corrected chi connectivity index (χ4v) is 2.44. The van der Waals surface area contributed by atoms with E-state index < -0.39 is 0 Å². The van der Waals surface area contributed by atoms with E-state index in [4.69, 9.17) is 5.73 Å². The van der Waals surface area contributed by atoms with Crippen molar-refractivity contribution in [2.75, 3.05) is 5.73 Å². The first-order valence-electron chi connectivity index (χ1n) is 5.27. The van der Waals surface area contributed by atoms with E-state index in [2.05, 4.69) is 29.0 Å². The van der Waals surface area contributed by atoms with E-state index in [0.29, 0.717) is 17.3 Å². The molecule has 0 spiro atoms. The van der Waals surface area contributed by atoms with Crippen molar-refractivity contribution in [3.63, 3.8) is 0 Å². The molecule has 1 heterocycles. The lowest BCUT2D eigenvalue weighted by Gasteiger charge is -2.37. The minimum absolute atomic E-state index is 0.324. The topological polar surface area (TPSA) is 67.6 Å². The second-order valence-corrected chi connectivity index (χ2v) is 4.87. The molecule has 0 radical (unpaired) electrons. The monoisotopic (exact) mass is 194 g/mol. The third kappa shape index (κ3) is 1.61. The molecule has 1 fully saturated rings. The summed E-state index contributed by atoms with van der Waals surface area (Å²) in [6.45, 7) is 4.60. The number of hydrogen-bond acceptors (Lipinski definition) is 3. The highest BCUT2D eigenvalue weighted by Crippen LogP contribution is 2.45. The van der Waals surface area contributed by atoms with E-state index in [1.807, 2.05) is 0 Å². The fourth-order valence-electron chi connectivity index (χ4n) is 2.44. The second-order valence-electron chi connectivity index (χ2n) is 4.87. The van der Waals surface area contributed by atoms with Gasteiger partial charge in [0.15, 0.2) is 0 Å². The van der Waals surface area contributed by atoms with Crippen LogP contribution >= 0.6 is 0 Å². The summed E-state index contributed by atoms with van der Waals surface area (Å²) in [5.74, 6) is 1.81. The Morgan fingerprint density at radius 3 is 2.79 bits per heavy atom. The van der Waals surface area contributed by atoms with Crippen molar-refractivity contribution in [3.05, 3.63) is 5.82 Å². The van der Waals surface area contributed by atoms with Gasteiger partial charge in [-0.05, 0) is 18.3 Å². The Kier molecular flexibility index (Phi) is 2.21. The van der Waals surface area contributed by atoms with Crippen molar-refractivity contribution >= 4 is 5.95 Å². The zero-order chi connectivity index (χ0) is 10.2. The van der Waals surface area contributed by atoms with Crippen LogP contribution in [-0.2, 0) is 0 Å². The highest BCUT2D eigenvalue weighted by molar-refractivity contribution is 5.16. The summed E-state index contributed by atoms with van der Waals surface area (Å²) in [4.78, 5) is 4.24. The Balaban J connectivity index is 2.23. The Labute approximate surface area is 84.3 Å². The molecule has 1 aromatic rings. The number of nitrogens with one attached hydrogen (secondary N) is 1. The molecule has 1 aliphatic carbocycles. The number of nitrogen functional groups attached to an aromatic ring is 1. The Hall–Kier alpha value is -1.06. The highest BCUT2D eigenvalue weighted by Gasteiger charge is 2.35. The maximum atomic E-state index is 5.52. The molecule has 4 nitrogen and oxygen atoms in total. The maximum Gasteiger partial charge on any atom is 0.239 e. The third-order valence-corrected chi connectivity index (χ3v) is 3.36. The van der Waals surface area contributed by atoms with Crippen molar-refractivity contribution in [3.8, 4) is 0 Å². The summed E-state index contributed by atoms with van der Waals surface area (Å²) in [6, 6.07) is 0. The maximum absolute atomic E-state index is 5.52. The quantitative estimate of drug-likeness (QED) is 0.719. The van der Waals surface area contributed by atoms with Crippen LogP contribution in [0, 0.1) is 5.41 Å². The van der Waals surface area contributed by atoms with Crippen molar-refractivity contribution in [2.45, 2.75) is 45.4 Å². The van der Waals surface area contributed by atoms with Crippen LogP contribution < -0.4 is 5.73 Å². The van der Waals surface area contributed by atoms with Gasteiger partial charge in [-0.1, -0.05) is 26.7 Å². The summed E-state index contributed by atoms with van der Waals surface area (Å²) in [6.07, 6.45) is 5.07.